The van der Waals surface area contributed by atoms with Crippen molar-refractivity contribution >= 4 is 5.82 Å². The Morgan fingerprint density at radius 2 is 2.44 bits per heavy atom. The lowest BCUT2D eigenvalue weighted by Gasteiger charge is -1.86. The number of hydrogen-bond acceptors (Lipinski definition) is 2. The van der Waals surface area contributed by atoms with Gasteiger partial charge in [-0.3, -0.25) is 10.7 Å². The highest BCUT2D eigenvalue weighted by atomic mass is 19.1. The van der Waals surface area contributed by atoms with Crippen LogP contribution in [-0.2, 0) is 0 Å². The van der Waals surface area contributed by atoms with Crippen LogP contribution in [0, 0.1) is 5.95 Å². The second-order valence-electron chi connectivity index (χ2n) is 1.42. The summed E-state index contributed by atoms with van der Waals surface area (Å²) >= 11 is 0. The smallest absolute Gasteiger partial charge is 0.283 e. The molecule has 1 radical (unpaired) electrons. The van der Waals surface area contributed by atoms with Gasteiger partial charge in [-0.1, -0.05) is 0 Å². The maximum atomic E-state index is 12.0. The summed E-state index contributed by atoms with van der Waals surface area (Å²) in [5.74, 6) is -1.20. The quantitative estimate of drug-likeness (QED) is 0.492. The van der Waals surface area contributed by atoms with Gasteiger partial charge in [0.15, 0.2) is 11.8 Å². The van der Waals surface area contributed by atoms with Crippen LogP contribution in [0.2, 0.25) is 0 Å². The van der Waals surface area contributed by atoms with Gasteiger partial charge < -0.3 is 0 Å². The Kier molecular flexibility index (Phi) is 1.18. The highest BCUT2D eigenvalue weighted by molar-refractivity contribution is 5.18. The lowest BCUT2D eigenvalue weighted by Crippen LogP contribution is -2.11. The SMILES string of the molecule is [NH]c1cc(F)[nH]c(=O)n1. The third kappa shape index (κ3) is 1.25. The van der Waals surface area contributed by atoms with Gasteiger partial charge in [-0.25, -0.2) is 4.79 Å². The number of nitrogens with one attached hydrogen (secondary N) is 2. The molecule has 0 spiro atoms. The van der Waals surface area contributed by atoms with Gasteiger partial charge in [-0.2, -0.15) is 9.37 Å². The summed E-state index contributed by atoms with van der Waals surface area (Å²) in [6.45, 7) is 0. The van der Waals surface area contributed by atoms with Gasteiger partial charge in [0.1, 0.15) is 0 Å². The third-order valence-corrected chi connectivity index (χ3v) is 0.712. The summed E-state index contributed by atoms with van der Waals surface area (Å²) in [5, 5.41) is 0. The predicted molar refractivity (Wildman–Crippen MR) is 27.6 cm³/mol. The summed E-state index contributed by atoms with van der Waals surface area (Å²) in [4.78, 5) is 15.0. The summed E-state index contributed by atoms with van der Waals surface area (Å²) in [6, 6.07) is 0.821. The van der Waals surface area contributed by atoms with E-state index in [1.807, 2.05) is 0 Å². The van der Waals surface area contributed by atoms with Crippen LogP contribution in [-0.4, -0.2) is 9.97 Å². The van der Waals surface area contributed by atoms with Crippen molar-refractivity contribution in [1.82, 2.24) is 15.7 Å². The van der Waals surface area contributed by atoms with E-state index in [9.17, 15) is 9.18 Å². The topological polar surface area (TPSA) is 69.6 Å². The Bertz CT molecular complexity index is 246. The van der Waals surface area contributed by atoms with Gasteiger partial charge in [0.05, 0.1) is 0 Å². The maximum Gasteiger partial charge on any atom is 0.349 e. The molecule has 1 aromatic heterocycles. The van der Waals surface area contributed by atoms with E-state index < -0.39 is 11.6 Å². The van der Waals surface area contributed by atoms with E-state index in [4.69, 9.17) is 5.73 Å². The first-order valence-corrected chi connectivity index (χ1v) is 2.17. The summed E-state index contributed by atoms with van der Waals surface area (Å²) in [6.07, 6.45) is 0. The Labute approximate surface area is 49.5 Å². The molecule has 47 valence electrons. The van der Waals surface area contributed by atoms with Crippen molar-refractivity contribution in [3.05, 3.63) is 22.5 Å². The molecule has 9 heavy (non-hydrogen) atoms. The molecule has 0 fully saturated rings. The second kappa shape index (κ2) is 1.85. The van der Waals surface area contributed by atoms with E-state index in [-0.39, 0.29) is 5.82 Å². The number of hydrogen-bond donors (Lipinski definition) is 1. The van der Waals surface area contributed by atoms with E-state index in [1.54, 1.807) is 4.98 Å². The monoisotopic (exact) mass is 128 g/mol. The van der Waals surface area contributed by atoms with Crippen LogP contribution in [0.1, 0.15) is 0 Å². The third-order valence-electron chi connectivity index (χ3n) is 0.712. The highest BCUT2D eigenvalue weighted by Crippen LogP contribution is 1.93. The lowest BCUT2D eigenvalue weighted by molar-refractivity contribution is 0.574. The number of nitrogens with zero attached hydrogens (tertiary/aromatic N) is 1. The highest BCUT2D eigenvalue weighted by Gasteiger charge is 1.93. The first-order valence-electron chi connectivity index (χ1n) is 2.17. The molecule has 0 saturated carbocycles. The Hall–Kier alpha value is -1.39. The van der Waals surface area contributed by atoms with E-state index in [2.05, 4.69) is 4.98 Å². The van der Waals surface area contributed by atoms with Gasteiger partial charge >= 0.3 is 5.69 Å². The Balaban J connectivity index is 3.33. The first kappa shape index (κ1) is 5.74. The molecule has 4 nitrogen and oxygen atoms in total. The molecule has 0 bridgehead atoms. The van der Waals surface area contributed by atoms with E-state index >= 15 is 0 Å². The van der Waals surface area contributed by atoms with Crippen LogP contribution in [0.4, 0.5) is 10.2 Å². The zero-order valence-corrected chi connectivity index (χ0v) is 4.31. The van der Waals surface area contributed by atoms with Crippen LogP contribution >= 0.6 is 0 Å². The fourth-order valence-electron chi connectivity index (χ4n) is 0.428. The molecule has 0 amide bonds. The van der Waals surface area contributed by atoms with Crippen molar-refractivity contribution in [2.45, 2.75) is 0 Å². The van der Waals surface area contributed by atoms with Crippen LogP contribution in [0.3, 0.4) is 0 Å². The number of halogens is 1. The van der Waals surface area contributed by atoms with Gasteiger partial charge in [0, 0.05) is 6.07 Å². The number of aromatic amines is 1. The van der Waals surface area contributed by atoms with Crippen molar-refractivity contribution in [3.8, 4) is 0 Å². The largest absolute Gasteiger partial charge is 0.349 e. The average Bonchev–Trinajstić information content (AvgIpc) is 1.59. The van der Waals surface area contributed by atoms with E-state index in [0.29, 0.717) is 0 Å². The normalized spacial score (nSPS) is 9.44. The summed E-state index contributed by atoms with van der Waals surface area (Å²) in [5.41, 5.74) is 5.87. The molecule has 1 aromatic rings. The molecule has 0 atom stereocenters. The average molecular weight is 128 g/mol. The van der Waals surface area contributed by atoms with Crippen LogP contribution in [0.15, 0.2) is 10.9 Å². The molecule has 0 aromatic carbocycles. The first-order chi connectivity index (χ1) is 4.18. The standard InChI is InChI=1S/C4H3FN3O/c5-2-1-3(6)8-4(9)7-2/h1,6H,(H,7,8,9). The van der Waals surface area contributed by atoms with Crippen molar-refractivity contribution in [2.24, 2.45) is 0 Å². The number of rotatable bonds is 0. The molecule has 5 heteroatoms. The minimum absolute atomic E-state index is 0.365. The van der Waals surface area contributed by atoms with Gasteiger partial charge in [0.2, 0.25) is 0 Å². The number of aromatic nitrogens is 2. The van der Waals surface area contributed by atoms with Crippen molar-refractivity contribution in [2.75, 3.05) is 0 Å². The zero-order valence-electron chi connectivity index (χ0n) is 4.31. The molecule has 0 aliphatic heterocycles. The lowest BCUT2D eigenvalue weighted by atomic mass is 10.6. The number of H-pyrrole nitrogens is 1. The fraction of sp³-hybridized carbons (Fsp3) is 0. The minimum atomic E-state index is -0.833. The fourth-order valence-corrected chi connectivity index (χ4v) is 0.428. The zero-order chi connectivity index (χ0) is 6.85. The van der Waals surface area contributed by atoms with E-state index in [1.165, 1.54) is 0 Å². The van der Waals surface area contributed by atoms with E-state index in [0.717, 1.165) is 6.07 Å². The second-order valence-corrected chi connectivity index (χ2v) is 1.42. The van der Waals surface area contributed by atoms with Crippen molar-refractivity contribution in [1.29, 1.82) is 0 Å². The summed E-state index contributed by atoms with van der Waals surface area (Å²) in [7, 11) is 0. The molecule has 2 N–H and O–H groups in total. The Morgan fingerprint density at radius 3 is 2.89 bits per heavy atom. The van der Waals surface area contributed by atoms with Gasteiger partial charge in [-0.05, 0) is 0 Å². The minimum Gasteiger partial charge on any atom is -0.283 e. The van der Waals surface area contributed by atoms with Crippen molar-refractivity contribution < 1.29 is 4.39 Å². The molecule has 0 aliphatic rings. The molecule has 0 saturated heterocycles. The Morgan fingerprint density at radius 1 is 1.78 bits per heavy atom. The van der Waals surface area contributed by atoms with Crippen LogP contribution in [0.5, 0.6) is 0 Å². The van der Waals surface area contributed by atoms with Gasteiger partial charge in [0.25, 0.3) is 0 Å². The van der Waals surface area contributed by atoms with Gasteiger partial charge in [-0.15, -0.1) is 0 Å². The molecular weight excluding hydrogens is 125 g/mol. The predicted octanol–water partition coefficient (Wildman–Crippen LogP) is -0.177. The molecule has 0 unspecified atom stereocenters. The maximum absolute atomic E-state index is 12.0. The van der Waals surface area contributed by atoms with Crippen LogP contribution in [0.25, 0.3) is 0 Å². The summed E-state index contributed by atoms with van der Waals surface area (Å²) < 4.78 is 12.0. The molecule has 0 aliphatic carbocycles. The van der Waals surface area contributed by atoms with Crippen molar-refractivity contribution in [3.63, 3.8) is 0 Å². The van der Waals surface area contributed by atoms with Crippen LogP contribution < -0.4 is 11.4 Å². The molecule has 1 rings (SSSR count). The molecule has 1 heterocycles. The molecular formula is C4H3FN3O.